The summed E-state index contributed by atoms with van der Waals surface area (Å²) in [4.78, 5) is 0. The van der Waals surface area contributed by atoms with Gasteiger partial charge in [-0.05, 0) is 61.1 Å². The number of nitrogens with zero attached hydrogens (tertiary/aromatic N) is 1. The maximum Gasteiger partial charge on any atom is 0.124 e. The molecule has 1 aliphatic rings. The highest BCUT2D eigenvalue weighted by Gasteiger charge is 2.39. The summed E-state index contributed by atoms with van der Waals surface area (Å²) in [6.45, 7) is 6.86. The molecule has 1 nitrogen and oxygen atoms in total. The zero-order valence-corrected chi connectivity index (χ0v) is 14.6. The first kappa shape index (κ1) is 16.5. The van der Waals surface area contributed by atoms with Gasteiger partial charge in [-0.1, -0.05) is 42.8 Å². The Morgan fingerprint density at radius 1 is 1.33 bits per heavy atom. The van der Waals surface area contributed by atoms with Gasteiger partial charge in [-0.25, -0.2) is 4.39 Å². The lowest BCUT2D eigenvalue weighted by Gasteiger charge is -2.40. The van der Waals surface area contributed by atoms with E-state index < -0.39 is 0 Å². The molecular weight excluding hydrogens is 329 g/mol. The van der Waals surface area contributed by atoms with Gasteiger partial charge in [0.2, 0.25) is 0 Å². The van der Waals surface area contributed by atoms with Crippen molar-refractivity contribution >= 4 is 15.9 Å². The Hall–Kier alpha value is -0.880. The standard InChI is InChI=1S/C18H23BrFN/c1-17(2,3)14-6-8-18(12-21,9-7-14)11-13-4-5-15(20)10-16(13)19/h4-5,10,14H,6-9,11H2,1-3H3. The summed E-state index contributed by atoms with van der Waals surface area (Å²) >= 11 is 3.42. The van der Waals surface area contributed by atoms with Crippen LogP contribution in [0, 0.1) is 33.9 Å². The Morgan fingerprint density at radius 2 is 1.95 bits per heavy atom. The summed E-state index contributed by atoms with van der Waals surface area (Å²) in [6, 6.07) is 7.33. The summed E-state index contributed by atoms with van der Waals surface area (Å²) in [7, 11) is 0. The molecule has 0 aliphatic heterocycles. The second-order valence-corrected chi connectivity index (χ2v) is 8.30. The molecule has 1 aromatic rings. The Labute approximate surface area is 135 Å². The van der Waals surface area contributed by atoms with E-state index in [-0.39, 0.29) is 11.2 Å². The molecule has 0 unspecified atom stereocenters. The lowest BCUT2D eigenvalue weighted by molar-refractivity contribution is 0.120. The number of benzene rings is 1. The first-order valence-electron chi connectivity index (χ1n) is 7.61. The zero-order chi connectivity index (χ0) is 15.7. The molecule has 0 amide bonds. The molecule has 1 fully saturated rings. The van der Waals surface area contributed by atoms with Crippen LogP contribution in [0.1, 0.15) is 52.0 Å². The van der Waals surface area contributed by atoms with Crippen LogP contribution in [0.3, 0.4) is 0 Å². The van der Waals surface area contributed by atoms with Gasteiger partial charge in [0.25, 0.3) is 0 Å². The van der Waals surface area contributed by atoms with E-state index in [1.54, 1.807) is 6.07 Å². The third-order valence-corrected chi connectivity index (χ3v) is 5.69. The number of hydrogen-bond acceptors (Lipinski definition) is 1. The second-order valence-electron chi connectivity index (χ2n) is 7.44. The van der Waals surface area contributed by atoms with Crippen LogP contribution in [-0.2, 0) is 6.42 Å². The van der Waals surface area contributed by atoms with Crippen molar-refractivity contribution in [3.63, 3.8) is 0 Å². The topological polar surface area (TPSA) is 23.8 Å². The van der Waals surface area contributed by atoms with E-state index >= 15 is 0 Å². The van der Waals surface area contributed by atoms with Gasteiger partial charge in [0, 0.05) is 4.47 Å². The molecule has 0 aromatic heterocycles. The number of hydrogen-bond donors (Lipinski definition) is 0. The molecule has 21 heavy (non-hydrogen) atoms. The Kier molecular flexibility index (Phi) is 4.78. The van der Waals surface area contributed by atoms with Gasteiger partial charge in [-0.2, -0.15) is 5.26 Å². The highest BCUT2D eigenvalue weighted by molar-refractivity contribution is 9.10. The van der Waals surface area contributed by atoms with Crippen LogP contribution in [0.2, 0.25) is 0 Å². The number of nitriles is 1. The SMILES string of the molecule is CC(C)(C)C1CCC(C#N)(Cc2ccc(F)cc2Br)CC1. The quantitative estimate of drug-likeness (QED) is 0.652. The third kappa shape index (κ3) is 3.86. The summed E-state index contributed by atoms with van der Waals surface area (Å²) in [5.41, 5.74) is 1.06. The highest BCUT2D eigenvalue weighted by atomic mass is 79.9. The van der Waals surface area contributed by atoms with Crippen LogP contribution >= 0.6 is 15.9 Å². The molecule has 1 aliphatic carbocycles. The van der Waals surface area contributed by atoms with Gasteiger partial charge in [0.15, 0.2) is 0 Å². The van der Waals surface area contributed by atoms with Crippen molar-refractivity contribution in [2.24, 2.45) is 16.7 Å². The smallest absolute Gasteiger partial charge is 0.124 e. The summed E-state index contributed by atoms with van der Waals surface area (Å²) in [6.07, 6.45) is 4.80. The largest absolute Gasteiger partial charge is 0.207 e. The monoisotopic (exact) mass is 351 g/mol. The fourth-order valence-electron chi connectivity index (χ4n) is 3.39. The maximum atomic E-state index is 13.2. The summed E-state index contributed by atoms with van der Waals surface area (Å²) < 4.78 is 14.0. The first-order chi connectivity index (χ1) is 9.76. The number of halogens is 2. The van der Waals surface area contributed by atoms with Gasteiger partial charge < -0.3 is 0 Å². The van der Waals surface area contributed by atoms with Crippen LogP contribution in [0.25, 0.3) is 0 Å². The Bertz CT molecular complexity index is 545. The Balaban J connectivity index is 2.12. The van der Waals surface area contributed by atoms with E-state index in [9.17, 15) is 9.65 Å². The van der Waals surface area contributed by atoms with Gasteiger partial charge in [-0.3, -0.25) is 0 Å². The molecule has 3 heteroatoms. The van der Waals surface area contributed by atoms with Gasteiger partial charge >= 0.3 is 0 Å². The van der Waals surface area contributed by atoms with Crippen molar-refractivity contribution in [1.82, 2.24) is 0 Å². The lowest BCUT2D eigenvalue weighted by Crippen LogP contribution is -2.33. The fourth-order valence-corrected chi connectivity index (χ4v) is 3.89. The molecule has 0 atom stereocenters. The van der Waals surface area contributed by atoms with Gasteiger partial charge in [0.05, 0.1) is 11.5 Å². The number of rotatable bonds is 2. The van der Waals surface area contributed by atoms with Crippen LogP contribution in [0.5, 0.6) is 0 Å². The van der Waals surface area contributed by atoms with Crippen molar-refractivity contribution in [2.75, 3.05) is 0 Å². The van der Waals surface area contributed by atoms with Crippen LogP contribution < -0.4 is 0 Å². The summed E-state index contributed by atoms with van der Waals surface area (Å²) in [5, 5.41) is 9.70. The highest BCUT2D eigenvalue weighted by Crippen LogP contribution is 2.47. The van der Waals surface area contributed by atoms with Gasteiger partial charge in [-0.15, -0.1) is 0 Å². The second kappa shape index (κ2) is 6.08. The van der Waals surface area contributed by atoms with Crippen molar-refractivity contribution in [1.29, 1.82) is 5.26 Å². The minimum absolute atomic E-state index is 0.243. The van der Waals surface area contributed by atoms with Crippen LogP contribution in [0.15, 0.2) is 22.7 Å². The van der Waals surface area contributed by atoms with Gasteiger partial charge in [0.1, 0.15) is 5.82 Å². The zero-order valence-electron chi connectivity index (χ0n) is 13.0. The van der Waals surface area contributed by atoms with E-state index in [1.807, 2.05) is 0 Å². The Morgan fingerprint density at radius 3 is 2.43 bits per heavy atom. The van der Waals surface area contributed by atoms with Crippen molar-refractivity contribution in [3.8, 4) is 6.07 Å². The molecule has 0 N–H and O–H groups in total. The van der Waals surface area contributed by atoms with E-state index in [1.165, 1.54) is 12.1 Å². The van der Waals surface area contributed by atoms with E-state index in [0.717, 1.165) is 35.7 Å². The average molecular weight is 352 g/mol. The molecule has 114 valence electrons. The van der Waals surface area contributed by atoms with E-state index in [2.05, 4.69) is 42.8 Å². The average Bonchev–Trinajstić information content (AvgIpc) is 2.41. The molecule has 2 rings (SSSR count). The van der Waals surface area contributed by atoms with E-state index in [4.69, 9.17) is 0 Å². The van der Waals surface area contributed by atoms with Crippen LogP contribution in [-0.4, -0.2) is 0 Å². The molecule has 1 aromatic carbocycles. The molecular formula is C18H23BrFN. The van der Waals surface area contributed by atoms with Crippen molar-refractivity contribution in [3.05, 3.63) is 34.1 Å². The predicted octanol–water partition coefficient (Wildman–Crippen LogP) is 5.88. The lowest BCUT2D eigenvalue weighted by atomic mass is 9.63. The summed E-state index contributed by atoms with van der Waals surface area (Å²) in [5.74, 6) is 0.448. The minimum Gasteiger partial charge on any atom is -0.207 e. The molecule has 0 saturated heterocycles. The molecule has 0 spiro atoms. The normalized spacial score (nSPS) is 26.4. The fraction of sp³-hybridized carbons (Fsp3) is 0.611. The first-order valence-corrected chi connectivity index (χ1v) is 8.40. The van der Waals surface area contributed by atoms with Crippen molar-refractivity contribution < 1.29 is 4.39 Å². The molecule has 1 saturated carbocycles. The maximum absolute atomic E-state index is 13.2. The van der Waals surface area contributed by atoms with Crippen molar-refractivity contribution in [2.45, 2.75) is 52.9 Å². The molecule has 0 bridgehead atoms. The minimum atomic E-state index is -0.290. The molecule has 0 radical (unpaired) electrons. The van der Waals surface area contributed by atoms with E-state index in [0.29, 0.717) is 17.8 Å². The van der Waals surface area contributed by atoms with Crippen LogP contribution in [0.4, 0.5) is 4.39 Å². The third-order valence-electron chi connectivity index (χ3n) is 4.95. The predicted molar refractivity (Wildman–Crippen MR) is 87.3 cm³/mol. The molecule has 0 heterocycles.